The van der Waals surface area contributed by atoms with Gasteiger partial charge in [0.05, 0.1) is 13.5 Å². The van der Waals surface area contributed by atoms with Crippen LogP contribution < -0.4 is 5.32 Å². The van der Waals surface area contributed by atoms with Crippen molar-refractivity contribution in [2.45, 2.75) is 32.7 Å². The highest BCUT2D eigenvalue weighted by atomic mass is 32.1. The summed E-state index contributed by atoms with van der Waals surface area (Å²) in [6.07, 6.45) is 1.51. The number of rotatable bonds is 6. The first-order chi connectivity index (χ1) is 7.67. The van der Waals surface area contributed by atoms with E-state index < -0.39 is 0 Å². The van der Waals surface area contributed by atoms with Crippen molar-refractivity contribution >= 4 is 17.3 Å². The van der Waals surface area contributed by atoms with Gasteiger partial charge in [-0.2, -0.15) is 0 Å². The molecule has 0 amide bonds. The lowest BCUT2D eigenvalue weighted by Crippen LogP contribution is -2.21. The molecule has 0 radical (unpaired) electrons. The van der Waals surface area contributed by atoms with Gasteiger partial charge in [-0.1, -0.05) is 6.92 Å². The largest absolute Gasteiger partial charge is 0.469 e. The molecule has 3 nitrogen and oxygen atoms in total. The number of nitrogens with one attached hydrogen (secondary N) is 1. The summed E-state index contributed by atoms with van der Waals surface area (Å²) in [5.41, 5.74) is 0. The number of esters is 1. The van der Waals surface area contributed by atoms with Gasteiger partial charge in [0.1, 0.15) is 0 Å². The molecule has 1 rings (SSSR count). The van der Waals surface area contributed by atoms with E-state index in [9.17, 15) is 4.79 Å². The predicted octanol–water partition coefficient (Wildman–Crippen LogP) is 2.52. The Kier molecular flexibility index (Phi) is 5.49. The van der Waals surface area contributed by atoms with Gasteiger partial charge in [-0.3, -0.25) is 4.79 Å². The Labute approximate surface area is 101 Å². The first-order valence-corrected chi connectivity index (χ1v) is 6.37. The molecule has 0 fully saturated rings. The molecule has 1 atom stereocenters. The second-order valence-corrected chi connectivity index (χ2v) is 4.86. The lowest BCUT2D eigenvalue weighted by molar-refractivity contribution is -0.140. The summed E-state index contributed by atoms with van der Waals surface area (Å²) in [7, 11) is 1.42. The molecule has 1 N–H and O–H groups in total. The molecule has 0 bridgehead atoms. The Hall–Kier alpha value is -0.870. The highest BCUT2D eigenvalue weighted by molar-refractivity contribution is 7.12. The second-order valence-electron chi connectivity index (χ2n) is 3.66. The molecule has 1 heterocycles. The third kappa shape index (κ3) is 3.94. The molecule has 0 saturated heterocycles. The zero-order valence-corrected chi connectivity index (χ0v) is 10.9. The van der Waals surface area contributed by atoms with E-state index in [1.165, 1.54) is 16.9 Å². The number of methoxy groups -OCH3 is 1. The fraction of sp³-hybridized carbons (Fsp3) is 0.583. The van der Waals surface area contributed by atoms with Gasteiger partial charge in [0.15, 0.2) is 0 Å². The lowest BCUT2D eigenvalue weighted by Gasteiger charge is -2.11. The van der Waals surface area contributed by atoms with Gasteiger partial charge in [-0.25, -0.2) is 0 Å². The van der Waals surface area contributed by atoms with E-state index in [4.69, 9.17) is 0 Å². The van der Waals surface area contributed by atoms with E-state index in [0.29, 0.717) is 19.0 Å². The number of thiophene rings is 1. The standard InChI is InChI=1S/C12H19NO2S/c1-4-10-5-6-11(16-10)9(2)13-8-7-12(14)15-3/h5-6,9,13H,4,7-8H2,1-3H3. The Morgan fingerprint density at radius 1 is 1.56 bits per heavy atom. The average Bonchev–Trinajstić information content (AvgIpc) is 2.77. The first-order valence-electron chi connectivity index (χ1n) is 5.56. The summed E-state index contributed by atoms with van der Waals surface area (Å²) in [4.78, 5) is 13.6. The second kappa shape index (κ2) is 6.66. The molecule has 0 spiro atoms. The van der Waals surface area contributed by atoms with Crippen LogP contribution >= 0.6 is 11.3 Å². The third-order valence-corrected chi connectivity index (χ3v) is 3.88. The Morgan fingerprint density at radius 3 is 2.88 bits per heavy atom. The van der Waals surface area contributed by atoms with E-state index in [0.717, 1.165) is 6.42 Å². The molecule has 1 aromatic rings. The summed E-state index contributed by atoms with van der Waals surface area (Å²) in [6.45, 7) is 4.93. The Bertz CT molecular complexity index is 336. The summed E-state index contributed by atoms with van der Waals surface area (Å²) in [6, 6.07) is 4.62. The van der Waals surface area contributed by atoms with Crippen molar-refractivity contribution in [1.29, 1.82) is 0 Å². The van der Waals surface area contributed by atoms with E-state index in [2.05, 4.69) is 36.0 Å². The van der Waals surface area contributed by atoms with Crippen LogP contribution in [0.25, 0.3) is 0 Å². The summed E-state index contributed by atoms with van der Waals surface area (Å²) in [5, 5.41) is 3.31. The van der Waals surface area contributed by atoms with Crippen LogP contribution in [-0.2, 0) is 16.0 Å². The lowest BCUT2D eigenvalue weighted by atomic mass is 10.2. The molecule has 0 aromatic carbocycles. The highest BCUT2D eigenvalue weighted by Crippen LogP contribution is 2.23. The maximum Gasteiger partial charge on any atom is 0.306 e. The van der Waals surface area contributed by atoms with Crippen LogP contribution in [0.5, 0.6) is 0 Å². The van der Waals surface area contributed by atoms with Crippen LogP contribution in [0.3, 0.4) is 0 Å². The summed E-state index contributed by atoms with van der Waals surface area (Å²) >= 11 is 1.83. The van der Waals surface area contributed by atoms with E-state index in [1.54, 1.807) is 0 Å². The topological polar surface area (TPSA) is 38.3 Å². The zero-order chi connectivity index (χ0) is 12.0. The molecule has 0 aliphatic carbocycles. The smallest absolute Gasteiger partial charge is 0.306 e. The van der Waals surface area contributed by atoms with Gasteiger partial charge in [-0.05, 0) is 25.5 Å². The fourth-order valence-corrected chi connectivity index (χ4v) is 2.39. The van der Waals surface area contributed by atoms with E-state index in [1.807, 2.05) is 11.3 Å². The van der Waals surface area contributed by atoms with Crippen LogP contribution in [-0.4, -0.2) is 19.6 Å². The number of aryl methyl sites for hydroxylation is 1. The Balaban J connectivity index is 2.34. The van der Waals surface area contributed by atoms with Crippen LogP contribution in [0.2, 0.25) is 0 Å². The van der Waals surface area contributed by atoms with Crippen molar-refractivity contribution in [1.82, 2.24) is 5.32 Å². The summed E-state index contributed by atoms with van der Waals surface area (Å²) in [5.74, 6) is -0.167. The third-order valence-electron chi connectivity index (χ3n) is 2.46. The van der Waals surface area contributed by atoms with Gasteiger partial charge in [0.2, 0.25) is 0 Å². The van der Waals surface area contributed by atoms with Crippen LogP contribution in [0, 0.1) is 0 Å². The van der Waals surface area contributed by atoms with Crippen molar-refractivity contribution in [3.8, 4) is 0 Å². The number of ether oxygens (including phenoxy) is 1. The van der Waals surface area contributed by atoms with Gasteiger partial charge in [-0.15, -0.1) is 11.3 Å². The molecule has 90 valence electrons. The fourth-order valence-electron chi connectivity index (χ4n) is 1.41. The molecule has 1 aromatic heterocycles. The number of hydrogen-bond acceptors (Lipinski definition) is 4. The molecule has 0 saturated carbocycles. The van der Waals surface area contributed by atoms with Crippen LogP contribution in [0.1, 0.15) is 36.1 Å². The summed E-state index contributed by atoms with van der Waals surface area (Å²) < 4.78 is 4.58. The molecule has 16 heavy (non-hydrogen) atoms. The van der Waals surface area contributed by atoms with Crippen LogP contribution in [0.4, 0.5) is 0 Å². The van der Waals surface area contributed by atoms with Crippen molar-refractivity contribution in [3.63, 3.8) is 0 Å². The van der Waals surface area contributed by atoms with Crippen LogP contribution in [0.15, 0.2) is 12.1 Å². The Morgan fingerprint density at radius 2 is 2.31 bits per heavy atom. The maximum atomic E-state index is 10.9. The van der Waals surface area contributed by atoms with Gasteiger partial charge < -0.3 is 10.1 Å². The molecular formula is C12H19NO2S. The minimum absolute atomic E-state index is 0.167. The average molecular weight is 241 g/mol. The molecule has 4 heteroatoms. The van der Waals surface area contributed by atoms with Gasteiger partial charge >= 0.3 is 5.97 Å². The first kappa shape index (κ1) is 13.2. The molecule has 0 aliphatic rings. The van der Waals surface area contributed by atoms with Gasteiger partial charge in [0.25, 0.3) is 0 Å². The van der Waals surface area contributed by atoms with Crippen molar-refractivity contribution < 1.29 is 9.53 Å². The predicted molar refractivity (Wildman–Crippen MR) is 66.7 cm³/mol. The SMILES string of the molecule is CCc1ccc(C(C)NCCC(=O)OC)s1. The highest BCUT2D eigenvalue weighted by Gasteiger charge is 2.08. The number of carbonyl (C=O) groups excluding carboxylic acids is 1. The molecule has 0 aliphatic heterocycles. The van der Waals surface area contributed by atoms with Crippen molar-refractivity contribution in [2.24, 2.45) is 0 Å². The quantitative estimate of drug-likeness (QED) is 0.778. The maximum absolute atomic E-state index is 10.9. The monoisotopic (exact) mass is 241 g/mol. The van der Waals surface area contributed by atoms with E-state index in [-0.39, 0.29) is 5.97 Å². The van der Waals surface area contributed by atoms with Gasteiger partial charge in [0, 0.05) is 22.3 Å². The normalized spacial score (nSPS) is 12.4. The van der Waals surface area contributed by atoms with Crippen molar-refractivity contribution in [3.05, 3.63) is 21.9 Å². The van der Waals surface area contributed by atoms with E-state index >= 15 is 0 Å². The minimum Gasteiger partial charge on any atom is -0.469 e. The van der Waals surface area contributed by atoms with Crippen molar-refractivity contribution in [2.75, 3.05) is 13.7 Å². The zero-order valence-electron chi connectivity index (χ0n) is 10.1. The number of hydrogen-bond donors (Lipinski definition) is 1. The number of carbonyl (C=O) groups is 1. The minimum atomic E-state index is -0.167. The molecule has 1 unspecified atom stereocenters. The molecular weight excluding hydrogens is 222 g/mol.